The molecule has 0 radical (unpaired) electrons. The first-order valence-corrected chi connectivity index (χ1v) is 12.9. The van der Waals surface area contributed by atoms with Crippen molar-refractivity contribution in [2.24, 2.45) is 0 Å². The molecule has 7 nitrogen and oxygen atoms in total. The predicted octanol–water partition coefficient (Wildman–Crippen LogP) is 6.10. The third-order valence-electron chi connectivity index (χ3n) is 6.81. The minimum absolute atomic E-state index is 0.0425. The van der Waals surface area contributed by atoms with Gasteiger partial charge in [0.2, 0.25) is 0 Å². The van der Waals surface area contributed by atoms with Crippen molar-refractivity contribution in [2.45, 2.75) is 6.92 Å². The van der Waals surface area contributed by atoms with E-state index in [4.69, 9.17) is 16.3 Å². The number of ether oxygens (including phenoxy) is 1. The summed E-state index contributed by atoms with van der Waals surface area (Å²) in [4.78, 5) is 30.0. The molecule has 38 heavy (non-hydrogen) atoms. The van der Waals surface area contributed by atoms with Crippen molar-refractivity contribution in [1.82, 2.24) is 14.4 Å². The number of benzene rings is 3. The molecule has 0 unspecified atom stereocenters. The van der Waals surface area contributed by atoms with E-state index in [1.807, 2.05) is 72.5 Å². The lowest BCUT2D eigenvalue weighted by molar-refractivity contribution is 0.0671. The number of urea groups is 1. The normalized spacial score (nSPS) is 13.3. The van der Waals surface area contributed by atoms with E-state index in [1.54, 1.807) is 36.3 Å². The molecule has 2 heterocycles. The van der Waals surface area contributed by atoms with Gasteiger partial charge in [-0.15, -0.1) is 0 Å². The molecular weight excluding hydrogens is 500 g/mol. The van der Waals surface area contributed by atoms with E-state index in [0.717, 1.165) is 28.4 Å². The standard InChI is InChI=1S/C30H29ClN4O3/c1-21-27(20-28(22-7-4-3-5-8-22)35(21)25-9-6-10-26(19-25)38-2)29(36)33-15-17-34(18-16-33)30(37)32-24-13-11-23(31)12-14-24/h3-14,19-20H,15-18H2,1-2H3,(H,32,37). The molecule has 0 spiro atoms. The van der Waals surface area contributed by atoms with E-state index < -0.39 is 0 Å². The zero-order valence-corrected chi connectivity index (χ0v) is 22.1. The van der Waals surface area contributed by atoms with Gasteiger partial charge in [0.15, 0.2) is 0 Å². The number of piperazine rings is 1. The van der Waals surface area contributed by atoms with Crippen molar-refractivity contribution >= 4 is 29.2 Å². The number of nitrogens with zero attached hydrogens (tertiary/aromatic N) is 3. The zero-order valence-electron chi connectivity index (χ0n) is 21.4. The fourth-order valence-electron chi connectivity index (χ4n) is 4.75. The molecule has 0 saturated carbocycles. The van der Waals surface area contributed by atoms with Gasteiger partial charge in [-0.3, -0.25) is 4.79 Å². The summed E-state index contributed by atoms with van der Waals surface area (Å²) in [6.07, 6.45) is 0. The number of methoxy groups -OCH3 is 1. The summed E-state index contributed by atoms with van der Waals surface area (Å²) in [6.45, 7) is 3.78. The second kappa shape index (κ2) is 11.0. The van der Waals surface area contributed by atoms with Gasteiger partial charge in [-0.25, -0.2) is 4.79 Å². The first kappa shape index (κ1) is 25.4. The average molecular weight is 529 g/mol. The van der Waals surface area contributed by atoms with Gasteiger partial charge in [-0.2, -0.15) is 0 Å². The second-order valence-electron chi connectivity index (χ2n) is 9.15. The number of carbonyl (C=O) groups excluding carboxylic acids is 2. The number of halogens is 1. The minimum atomic E-state index is -0.189. The molecule has 1 aromatic heterocycles. The van der Waals surface area contributed by atoms with Gasteiger partial charge in [0.05, 0.1) is 18.4 Å². The highest BCUT2D eigenvalue weighted by Gasteiger charge is 2.28. The highest BCUT2D eigenvalue weighted by Crippen LogP contribution is 2.31. The van der Waals surface area contributed by atoms with Gasteiger partial charge < -0.3 is 24.4 Å². The van der Waals surface area contributed by atoms with E-state index >= 15 is 0 Å². The number of hydrogen-bond acceptors (Lipinski definition) is 3. The quantitative estimate of drug-likeness (QED) is 0.340. The van der Waals surface area contributed by atoms with Crippen LogP contribution >= 0.6 is 11.6 Å². The van der Waals surface area contributed by atoms with E-state index in [9.17, 15) is 9.59 Å². The minimum Gasteiger partial charge on any atom is -0.497 e. The van der Waals surface area contributed by atoms with E-state index in [-0.39, 0.29) is 11.9 Å². The van der Waals surface area contributed by atoms with Gasteiger partial charge >= 0.3 is 6.03 Å². The maximum atomic E-state index is 13.7. The monoisotopic (exact) mass is 528 g/mol. The van der Waals surface area contributed by atoms with E-state index in [0.29, 0.717) is 42.5 Å². The molecule has 1 aliphatic rings. The van der Waals surface area contributed by atoms with Crippen LogP contribution in [0.3, 0.4) is 0 Å². The maximum absolute atomic E-state index is 13.7. The Morgan fingerprint density at radius 3 is 2.21 bits per heavy atom. The number of hydrogen-bond donors (Lipinski definition) is 1. The Hall–Kier alpha value is -4.23. The molecule has 4 aromatic rings. The van der Waals surface area contributed by atoms with Crippen molar-refractivity contribution < 1.29 is 14.3 Å². The first-order valence-electron chi connectivity index (χ1n) is 12.5. The Balaban J connectivity index is 1.36. The fraction of sp³-hybridized carbons (Fsp3) is 0.200. The molecule has 194 valence electrons. The van der Waals surface area contributed by atoms with Crippen LogP contribution in [0.1, 0.15) is 16.1 Å². The summed E-state index contributed by atoms with van der Waals surface area (Å²) in [5, 5.41) is 3.50. The van der Waals surface area contributed by atoms with Gasteiger partial charge in [-0.05, 0) is 55.0 Å². The molecule has 0 bridgehead atoms. The van der Waals surface area contributed by atoms with Crippen LogP contribution in [-0.2, 0) is 0 Å². The van der Waals surface area contributed by atoms with Crippen LogP contribution in [0.4, 0.5) is 10.5 Å². The molecule has 1 aliphatic heterocycles. The highest BCUT2D eigenvalue weighted by molar-refractivity contribution is 6.30. The lowest BCUT2D eigenvalue weighted by Gasteiger charge is -2.34. The molecule has 1 saturated heterocycles. The Bertz CT molecular complexity index is 1440. The Labute approximate surface area is 227 Å². The van der Waals surface area contributed by atoms with Crippen LogP contribution in [0.2, 0.25) is 5.02 Å². The second-order valence-corrected chi connectivity index (χ2v) is 9.58. The van der Waals surface area contributed by atoms with E-state index in [2.05, 4.69) is 9.88 Å². The third-order valence-corrected chi connectivity index (χ3v) is 7.06. The number of amides is 3. The van der Waals surface area contributed by atoms with Crippen molar-refractivity contribution in [3.63, 3.8) is 0 Å². The Kier molecular flexibility index (Phi) is 7.38. The van der Waals surface area contributed by atoms with Crippen LogP contribution < -0.4 is 10.1 Å². The summed E-state index contributed by atoms with van der Waals surface area (Å²) in [5.41, 5.74) is 5.04. The number of rotatable bonds is 5. The van der Waals surface area contributed by atoms with Gasteiger partial charge in [0, 0.05) is 54.3 Å². The number of carbonyl (C=O) groups is 2. The Morgan fingerprint density at radius 1 is 0.842 bits per heavy atom. The molecule has 8 heteroatoms. The lowest BCUT2D eigenvalue weighted by Crippen LogP contribution is -2.51. The third kappa shape index (κ3) is 5.24. The topological polar surface area (TPSA) is 66.8 Å². The molecular formula is C30H29ClN4O3. The molecule has 1 N–H and O–H groups in total. The van der Waals surface area contributed by atoms with Crippen LogP contribution in [0, 0.1) is 6.92 Å². The lowest BCUT2D eigenvalue weighted by atomic mass is 10.1. The van der Waals surface area contributed by atoms with Crippen molar-refractivity contribution in [3.8, 4) is 22.7 Å². The van der Waals surface area contributed by atoms with Crippen molar-refractivity contribution in [1.29, 1.82) is 0 Å². The van der Waals surface area contributed by atoms with Crippen LogP contribution in [0.5, 0.6) is 5.75 Å². The number of nitrogens with one attached hydrogen (secondary N) is 1. The maximum Gasteiger partial charge on any atom is 0.321 e. The number of aromatic nitrogens is 1. The summed E-state index contributed by atoms with van der Waals surface area (Å²) in [5.74, 6) is 0.703. The van der Waals surface area contributed by atoms with Gasteiger partial charge in [-0.1, -0.05) is 48.0 Å². The predicted molar refractivity (Wildman–Crippen MR) is 150 cm³/mol. The summed E-state index contributed by atoms with van der Waals surface area (Å²) < 4.78 is 7.55. The molecule has 0 atom stereocenters. The van der Waals surface area contributed by atoms with Gasteiger partial charge in [0.25, 0.3) is 5.91 Å². The van der Waals surface area contributed by atoms with Crippen LogP contribution in [-0.4, -0.2) is 59.6 Å². The van der Waals surface area contributed by atoms with E-state index in [1.165, 1.54) is 0 Å². The highest BCUT2D eigenvalue weighted by atomic mass is 35.5. The van der Waals surface area contributed by atoms with Gasteiger partial charge in [0.1, 0.15) is 5.75 Å². The fourth-order valence-corrected chi connectivity index (χ4v) is 4.87. The van der Waals surface area contributed by atoms with Crippen LogP contribution in [0.15, 0.2) is 84.9 Å². The SMILES string of the molecule is COc1cccc(-n2c(-c3ccccc3)cc(C(=O)N3CCN(C(=O)Nc4ccc(Cl)cc4)CC3)c2C)c1. The summed E-state index contributed by atoms with van der Waals surface area (Å²) >= 11 is 5.93. The number of anilines is 1. The largest absolute Gasteiger partial charge is 0.497 e. The molecule has 3 aromatic carbocycles. The molecule has 5 rings (SSSR count). The smallest absolute Gasteiger partial charge is 0.321 e. The first-order chi connectivity index (χ1) is 18.4. The summed E-state index contributed by atoms with van der Waals surface area (Å²) in [7, 11) is 1.64. The Morgan fingerprint density at radius 2 is 1.53 bits per heavy atom. The van der Waals surface area contributed by atoms with Crippen LogP contribution in [0.25, 0.3) is 16.9 Å². The molecule has 1 fully saturated rings. The molecule has 0 aliphatic carbocycles. The average Bonchev–Trinajstić information content (AvgIpc) is 3.31. The summed E-state index contributed by atoms with van der Waals surface area (Å²) in [6, 6.07) is 26.6. The molecule has 3 amide bonds. The van der Waals surface area contributed by atoms with Crippen molar-refractivity contribution in [2.75, 3.05) is 38.6 Å². The van der Waals surface area contributed by atoms with Crippen molar-refractivity contribution in [3.05, 3.63) is 101 Å². The zero-order chi connectivity index (χ0) is 26.6.